The zero-order chi connectivity index (χ0) is 16.5. The molecule has 1 fully saturated rings. The Morgan fingerprint density at radius 2 is 2.04 bits per heavy atom. The fourth-order valence-corrected chi connectivity index (χ4v) is 3.60. The predicted molar refractivity (Wildman–Crippen MR) is 84.2 cm³/mol. The van der Waals surface area contributed by atoms with Crippen molar-refractivity contribution < 1.29 is 23.8 Å². The van der Waals surface area contributed by atoms with Crippen molar-refractivity contribution in [1.29, 1.82) is 0 Å². The van der Waals surface area contributed by atoms with Gasteiger partial charge in [0, 0.05) is 6.54 Å². The van der Waals surface area contributed by atoms with Crippen molar-refractivity contribution in [3.63, 3.8) is 0 Å². The minimum atomic E-state index is -0.306. The first-order valence-corrected chi connectivity index (χ1v) is 8.19. The van der Waals surface area contributed by atoms with Gasteiger partial charge in [-0.15, -0.1) is 0 Å². The standard InChI is InChI=1S/C18H19NO5/c20-17(9-22-18(21)14-6-11-1-3-13(14)5-11)19-8-12-2-4-15-16(7-12)24-10-23-15/h1-4,7,11,13-14H,5-6,8-10H2,(H,19,20)/t11-,13+,14-/m1/s1. The SMILES string of the molecule is O=C(COC(=O)[C@@H]1C[C@@H]2C=C[C@H]1C2)NCc1ccc2c(c1)OCO2. The molecular weight excluding hydrogens is 310 g/mol. The van der Waals surface area contributed by atoms with Gasteiger partial charge in [0.25, 0.3) is 5.91 Å². The molecule has 1 saturated carbocycles. The van der Waals surface area contributed by atoms with Gasteiger partial charge >= 0.3 is 5.97 Å². The molecule has 0 aromatic heterocycles. The number of rotatable bonds is 5. The minimum Gasteiger partial charge on any atom is -0.455 e. The first kappa shape index (κ1) is 15.1. The topological polar surface area (TPSA) is 73.9 Å². The molecule has 0 unspecified atom stereocenters. The largest absolute Gasteiger partial charge is 0.455 e. The van der Waals surface area contributed by atoms with Crippen LogP contribution >= 0.6 is 0 Å². The maximum Gasteiger partial charge on any atom is 0.310 e. The second-order valence-electron chi connectivity index (χ2n) is 6.46. The summed E-state index contributed by atoms with van der Waals surface area (Å²) in [5.41, 5.74) is 0.900. The minimum absolute atomic E-state index is 0.0818. The molecule has 1 aromatic rings. The van der Waals surface area contributed by atoms with E-state index in [-0.39, 0.29) is 31.2 Å². The van der Waals surface area contributed by atoms with E-state index in [9.17, 15) is 9.59 Å². The van der Waals surface area contributed by atoms with E-state index in [1.165, 1.54) is 0 Å². The number of esters is 1. The van der Waals surface area contributed by atoms with Gasteiger partial charge in [0.15, 0.2) is 18.1 Å². The van der Waals surface area contributed by atoms with Crippen molar-refractivity contribution >= 4 is 11.9 Å². The molecule has 0 radical (unpaired) electrons. The van der Waals surface area contributed by atoms with E-state index >= 15 is 0 Å². The Morgan fingerprint density at radius 1 is 1.17 bits per heavy atom. The molecule has 3 atom stereocenters. The number of amides is 1. The number of nitrogens with one attached hydrogen (secondary N) is 1. The normalized spacial score (nSPS) is 25.8. The Kier molecular flexibility index (Phi) is 3.88. The van der Waals surface area contributed by atoms with Crippen molar-refractivity contribution in [2.24, 2.45) is 17.8 Å². The molecule has 1 heterocycles. The van der Waals surface area contributed by atoms with Crippen molar-refractivity contribution in [3.05, 3.63) is 35.9 Å². The molecule has 126 valence electrons. The van der Waals surface area contributed by atoms with Crippen molar-refractivity contribution in [3.8, 4) is 11.5 Å². The second kappa shape index (κ2) is 6.19. The highest BCUT2D eigenvalue weighted by Gasteiger charge is 2.40. The Bertz CT molecular complexity index is 699. The average Bonchev–Trinajstić information content (AvgIpc) is 3.33. The average molecular weight is 329 g/mol. The summed E-state index contributed by atoms with van der Waals surface area (Å²) in [6.45, 7) is 0.337. The Labute approximate surface area is 139 Å². The lowest BCUT2D eigenvalue weighted by atomic mass is 9.94. The second-order valence-corrected chi connectivity index (χ2v) is 6.46. The third-order valence-corrected chi connectivity index (χ3v) is 4.85. The summed E-state index contributed by atoms with van der Waals surface area (Å²) in [5.74, 6) is 1.54. The molecule has 0 saturated heterocycles. The molecule has 3 aliphatic rings. The van der Waals surface area contributed by atoms with Crippen LogP contribution in [0.1, 0.15) is 18.4 Å². The molecule has 1 N–H and O–H groups in total. The quantitative estimate of drug-likeness (QED) is 0.658. The molecule has 2 aliphatic carbocycles. The van der Waals surface area contributed by atoms with Crippen molar-refractivity contribution in [2.75, 3.05) is 13.4 Å². The smallest absolute Gasteiger partial charge is 0.310 e. The van der Waals surface area contributed by atoms with Gasteiger partial charge in [0.2, 0.25) is 6.79 Å². The number of ether oxygens (including phenoxy) is 3. The van der Waals surface area contributed by atoms with E-state index in [0.29, 0.717) is 29.9 Å². The van der Waals surface area contributed by atoms with Gasteiger partial charge < -0.3 is 19.5 Å². The molecule has 2 bridgehead atoms. The van der Waals surface area contributed by atoms with Crippen molar-refractivity contribution in [1.82, 2.24) is 5.32 Å². The molecule has 0 spiro atoms. The van der Waals surface area contributed by atoms with Gasteiger partial charge in [-0.2, -0.15) is 0 Å². The van der Waals surface area contributed by atoms with E-state index in [2.05, 4.69) is 17.5 Å². The van der Waals surface area contributed by atoms with Gasteiger partial charge in [-0.1, -0.05) is 18.2 Å². The number of carbonyl (C=O) groups excluding carboxylic acids is 2. The third-order valence-electron chi connectivity index (χ3n) is 4.85. The van der Waals surface area contributed by atoms with E-state index in [0.717, 1.165) is 18.4 Å². The monoisotopic (exact) mass is 329 g/mol. The van der Waals surface area contributed by atoms with Crippen LogP contribution in [-0.4, -0.2) is 25.3 Å². The third kappa shape index (κ3) is 2.96. The van der Waals surface area contributed by atoms with Crippen LogP contribution in [0.2, 0.25) is 0 Å². The number of carbonyl (C=O) groups is 2. The number of allylic oxidation sites excluding steroid dienone is 2. The van der Waals surface area contributed by atoms with Gasteiger partial charge in [0.05, 0.1) is 5.92 Å². The number of hydrogen-bond donors (Lipinski definition) is 1. The van der Waals surface area contributed by atoms with E-state index < -0.39 is 0 Å². The molecule has 1 amide bonds. The predicted octanol–water partition coefficient (Wildman–Crippen LogP) is 1.79. The Morgan fingerprint density at radius 3 is 2.83 bits per heavy atom. The molecule has 6 nitrogen and oxygen atoms in total. The van der Waals surface area contributed by atoms with Gasteiger partial charge in [-0.25, -0.2) is 0 Å². The molecule has 24 heavy (non-hydrogen) atoms. The lowest BCUT2D eigenvalue weighted by Gasteiger charge is -2.16. The van der Waals surface area contributed by atoms with Gasteiger partial charge in [-0.3, -0.25) is 9.59 Å². The highest BCUT2D eigenvalue weighted by molar-refractivity contribution is 5.81. The maximum absolute atomic E-state index is 12.1. The van der Waals surface area contributed by atoms with Crippen LogP contribution in [0.25, 0.3) is 0 Å². The molecule has 4 rings (SSSR count). The molecular formula is C18H19NO5. The van der Waals surface area contributed by atoms with Crippen LogP contribution in [0.5, 0.6) is 11.5 Å². The first-order valence-electron chi connectivity index (χ1n) is 8.19. The summed E-state index contributed by atoms with van der Waals surface area (Å²) >= 11 is 0. The van der Waals surface area contributed by atoms with Gasteiger partial charge in [-0.05, 0) is 42.4 Å². The van der Waals surface area contributed by atoms with Crippen LogP contribution in [0.15, 0.2) is 30.4 Å². The van der Waals surface area contributed by atoms with Crippen LogP contribution < -0.4 is 14.8 Å². The highest BCUT2D eigenvalue weighted by Crippen LogP contribution is 2.43. The van der Waals surface area contributed by atoms with Crippen LogP contribution in [0.4, 0.5) is 0 Å². The summed E-state index contributed by atoms with van der Waals surface area (Å²) < 4.78 is 15.7. The first-order chi connectivity index (χ1) is 11.7. The Hall–Kier alpha value is -2.50. The number of hydrogen-bond acceptors (Lipinski definition) is 5. The fraction of sp³-hybridized carbons (Fsp3) is 0.444. The summed E-state index contributed by atoms with van der Waals surface area (Å²) in [5, 5.41) is 2.74. The van der Waals surface area contributed by atoms with E-state index in [4.69, 9.17) is 14.2 Å². The zero-order valence-electron chi connectivity index (χ0n) is 13.2. The maximum atomic E-state index is 12.1. The fourth-order valence-electron chi connectivity index (χ4n) is 3.60. The lowest BCUT2D eigenvalue weighted by molar-refractivity contribution is -0.153. The lowest BCUT2D eigenvalue weighted by Crippen LogP contribution is -2.30. The van der Waals surface area contributed by atoms with Crippen molar-refractivity contribution in [2.45, 2.75) is 19.4 Å². The van der Waals surface area contributed by atoms with Crippen LogP contribution in [0.3, 0.4) is 0 Å². The summed E-state index contributed by atoms with van der Waals surface area (Å²) in [7, 11) is 0. The Balaban J connectivity index is 1.22. The summed E-state index contributed by atoms with van der Waals surface area (Å²) in [6, 6.07) is 5.50. The number of benzene rings is 1. The van der Waals surface area contributed by atoms with E-state index in [1.807, 2.05) is 18.2 Å². The molecule has 1 aliphatic heterocycles. The summed E-state index contributed by atoms with van der Waals surface area (Å²) in [6.07, 6.45) is 6.15. The van der Waals surface area contributed by atoms with Gasteiger partial charge in [0.1, 0.15) is 0 Å². The number of fused-ring (bicyclic) bond motifs is 3. The molecule has 6 heteroatoms. The van der Waals surface area contributed by atoms with Crippen LogP contribution in [-0.2, 0) is 20.9 Å². The molecule has 1 aromatic carbocycles. The summed E-state index contributed by atoms with van der Waals surface area (Å²) in [4.78, 5) is 23.9. The van der Waals surface area contributed by atoms with Crippen LogP contribution in [0, 0.1) is 17.8 Å². The highest BCUT2D eigenvalue weighted by atomic mass is 16.7. The zero-order valence-corrected chi connectivity index (χ0v) is 13.2. The van der Waals surface area contributed by atoms with E-state index in [1.54, 1.807) is 0 Å².